The minimum Gasteiger partial charge on any atom is -0.454 e. The molecule has 7 heteroatoms. The second-order valence-corrected chi connectivity index (χ2v) is 8.27. The van der Waals surface area contributed by atoms with Crippen LogP contribution in [0.2, 0.25) is 0 Å². The van der Waals surface area contributed by atoms with Gasteiger partial charge < -0.3 is 9.15 Å². The summed E-state index contributed by atoms with van der Waals surface area (Å²) in [5.74, 6) is -0.0572. The van der Waals surface area contributed by atoms with E-state index in [1.807, 2.05) is 0 Å². The summed E-state index contributed by atoms with van der Waals surface area (Å²) in [6.45, 7) is 1.34. The molecule has 25 heavy (non-hydrogen) atoms. The highest BCUT2D eigenvalue weighted by Gasteiger charge is 2.21. The third kappa shape index (κ3) is 3.68. The molecule has 0 aliphatic heterocycles. The molecule has 0 radical (unpaired) electrons. The molecule has 130 valence electrons. The average molecular weight is 533 g/mol. The van der Waals surface area contributed by atoms with Crippen LogP contribution in [0.3, 0.4) is 0 Å². The number of para-hydroxylation sites is 1. The second kappa shape index (κ2) is 7.60. The minimum absolute atomic E-state index is 0.113. The lowest BCUT2D eigenvalue weighted by Crippen LogP contribution is -2.11. The van der Waals surface area contributed by atoms with Gasteiger partial charge in [-0.3, -0.25) is 9.59 Å². The molecular weight excluding hydrogens is 520 g/mol. The van der Waals surface area contributed by atoms with Crippen molar-refractivity contribution in [3.63, 3.8) is 0 Å². The molecule has 0 aliphatic rings. The Bertz CT molecular complexity index is 1030. The summed E-state index contributed by atoms with van der Waals surface area (Å²) in [6, 6.07) is 8.82. The maximum atomic E-state index is 12.9. The predicted molar refractivity (Wildman–Crippen MR) is 109 cm³/mol. The Hall–Kier alpha value is -1.18. The largest absolute Gasteiger partial charge is 0.454 e. The lowest BCUT2D eigenvalue weighted by Gasteiger charge is -2.15. The molecular formula is C18H13Br3O4. The van der Waals surface area contributed by atoms with Crippen LogP contribution in [-0.2, 0) is 11.2 Å². The van der Waals surface area contributed by atoms with Crippen LogP contribution in [0.25, 0.3) is 21.9 Å². The van der Waals surface area contributed by atoms with Crippen LogP contribution in [0.5, 0.6) is 5.75 Å². The van der Waals surface area contributed by atoms with Gasteiger partial charge in [0.15, 0.2) is 11.3 Å². The van der Waals surface area contributed by atoms with Crippen molar-refractivity contribution in [1.82, 2.24) is 0 Å². The maximum Gasteiger partial charge on any atom is 0.308 e. The van der Waals surface area contributed by atoms with Gasteiger partial charge in [-0.2, -0.15) is 0 Å². The summed E-state index contributed by atoms with van der Waals surface area (Å²) < 4.78 is 11.8. The highest BCUT2D eigenvalue weighted by molar-refractivity contribution is 9.12. The van der Waals surface area contributed by atoms with E-state index < -0.39 is 5.97 Å². The van der Waals surface area contributed by atoms with Gasteiger partial charge in [0, 0.05) is 17.1 Å². The minimum atomic E-state index is -0.436. The van der Waals surface area contributed by atoms with Crippen molar-refractivity contribution in [2.45, 2.75) is 18.2 Å². The lowest BCUT2D eigenvalue weighted by atomic mass is 10.0. The number of carbonyl (C=O) groups is 1. The van der Waals surface area contributed by atoms with Gasteiger partial charge in [-0.15, -0.1) is 0 Å². The lowest BCUT2D eigenvalue weighted by molar-refractivity contribution is -0.131. The van der Waals surface area contributed by atoms with Crippen LogP contribution in [0.4, 0.5) is 0 Å². The van der Waals surface area contributed by atoms with Crippen LogP contribution >= 0.6 is 47.8 Å². The van der Waals surface area contributed by atoms with Gasteiger partial charge in [-0.05, 0) is 46.1 Å². The number of esters is 1. The van der Waals surface area contributed by atoms with E-state index in [0.717, 1.165) is 5.56 Å². The van der Waals surface area contributed by atoms with E-state index in [4.69, 9.17) is 9.15 Å². The summed E-state index contributed by atoms with van der Waals surface area (Å²) in [6.07, 6.45) is 0.578. The number of fused-ring (bicyclic) bond motifs is 2. The Morgan fingerprint density at radius 2 is 2.00 bits per heavy atom. The molecule has 3 rings (SSSR count). The van der Waals surface area contributed by atoms with E-state index in [-0.39, 0.29) is 10.3 Å². The van der Waals surface area contributed by atoms with Gasteiger partial charge >= 0.3 is 5.97 Å². The fourth-order valence-electron chi connectivity index (χ4n) is 2.63. The van der Waals surface area contributed by atoms with Crippen molar-refractivity contribution in [2.75, 3.05) is 5.33 Å². The molecule has 4 nitrogen and oxygen atoms in total. The van der Waals surface area contributed by atoms with Crippen LogP contribution < -0.4 is 10.2 Å². The second-order valence-electron chi connectivity index (χ2n) is 5.53. The third-order valence-corrected chi connectivity index (χ3v) is 6.71. The van der Waals surface area contributed by atoms with E-state index in [1.165, 1.54) is 6.92 Å². The summed E-state index contributed by atoms with van der Waals surface area (Å²) in [5.41, 5.74) is 1.49. The van der Waals surface area contributed by atoms with E-state index >= 15 is 0 Å². The molecule has 0 saturated carbocycles. The van der Waals surface area contributed by atoms with Crippen molar-refractivity contribution in [2.24, 2.45) is 0 Å². The summed E-state index contributed by atoms with van der Waals surface area (Å²) >= 11 is 10.4. The number of hydrogen-bond acceptors (Lipinski definition) is 4. The molecule has 0 N–H and O–H groups in total. The molecule has 1 heterocycles. The fraction of sp³-hybridized carbons (Fsp3) is 0.222. The molecule has 0 amide bonds. The van der Waals surface area contributed by atoms with Crippen molar-refractivity contribution in [3.05, 3.63) is 50.6 Å². The van der Waals surface area contributed by atoms with Gasteiger partial charge in [0.1, 0.15) is 10.1 Å². The van der Waals surface area contributed by atoms with Crippen molar-refractivity contribution in [1.29, 1.82) is 0 Å². The molecule has 0 spiro atoms. The summed E-state index contributed by atoms with van der Waals surface area (Å²) in [4.78, 5) is 24.5. The van der Waals surface area contributed by atoms with Crippen LogP contribution in [0.15, 0.2) is 44.0 Å². The Morgan fingerprint density at radius 3 is 2.68 bits per heavy atom. The molecule has 0 saturated heterocycles. The van der Waals surface area contributed by atoms with Crippen LogP contribution in [0.1, 0.15) is 12.5 Å². The van der Waals surface area contributed by atoms with E-state index in [0.29, 0.717) is 43.9 Å². The Morgan fingerprint density at radius 1 is 1.28 bits per heavy atom. The third-order valence-electron chi connectivity index (χ3n) is 3.70. The summed E-state index contributed by atoms with van der Waals surface area (Å²) in [7, 11) is 0. The number of halogens is 3. The molecule has 1 atom stereocenters. The highest BCUT2D eigenvalue weighted by atomic mass is 79.9. The number of ether oxygens (including phenoxy) is 1. The average Bonchev–Trinajstić information content (AvgIpc) is 2.59. The molecule has 1 aromatic heterocycles. The molecule has 0 fully saturated rings. The van der Waals surface area contributed by atoms with Gasteiger partial charge in [-0.1, -0.05) is 44.0 Å². The first-order valence-corrected chi connectivity index (χ1v) is 10.3. The first-order valence-electron chi connectivity index (χ1n) is 7.47. The Labute approximate surface area is 168 Å². The fourth-order valence-corrected chi connectivity index (χ4v) is 3.84. The topological polar surface area (TPSA) is 56.5 Å². The van der Waals surface area contributed by atoms with Crippen molar-refractivity contribution >= 4 is 75.7 Å². The highest BCUT2D eigenvalue weighted by Crippen LogP contribution is 2.38. The number of rotatable bonds is 4. The standard InChI is InChI=1S/C18H13Br3O4/c1-9(22)24-17-10(6-11(20)8-19)7-13-16(23)12-4-2-3-5-14(12)25-18(13)15(17)21/h2-5,7,11H,6,8H2,1H3. The van der Waals surface area contributed by atoms with E-state index in [9.17, 15) is 9.59 Å². The van der Waals surface area contributed by atoms with Gasteiger partial charge in [0.05, 0.1) is 10.8 Å². The maximum absolute atomic E-state index is 12.9. The van der Waals surface area contributed by atoms with Crippen molar-refractivity contribution in [3.8, 4) is 5.75 Å². The van der Waals surface area contributed by atoms with Crippen LogP contribution in [0, 0.1) is 0 Å². The monoisotopic (exact) mass is 530 g/mol. The molecule has 1 unspecified atom stereocenters. The molecule has 0 bridgehead atoms. The Balaban J connectivity index is 2.36. The predicted octanol–water partition coefficient (Wildman–Crippen LogP) is 5.33. The quantitative estimate of drug-likeness (QED) is 0.197. The molecule has 0 aliphatic carbocycles. The van der Waals surface area contributed by atoms with E-state index in [1.54, 1.807) is 30.3 Å². The van der Waals surface area contributed by atoms with Gasteiger partial charge in [0.2, 0.25) is 5.43 Å². The SMILES string of the molecule is CC(=O)Oc1c(CC(Br)CBr)cc2c(=O)c3ccccc3oc2c1Br. The molecule has 3 aromatic rings. The Kier molecular flexibility index (Phi) is 5.65. The number of benzene rings is 2. The van der Waals surface area contributed by atoms with Crippen molar-refractivity contribution < 1.29 is 13.9 Å². The zero-order chi connectivity index (χ0) is 18.1. The number of carbonyl (C=O) groups excluding carboxylic acids is 1. The zero-order valence-electron chi connectivity index (χ0n) is 13.1. The smallest absolute Gasteiger partial charge is 0.308 e. The number of alkyl halides is 2. The molecule has 2 aromatic carbocycles. The normalized spacial score (nSPS) is 12.5. The van der Waals surface area contributed by atoms with Gasteiger partial charge in [0.25, 0.3) is 0 Å². The number of hydrogen-bond donors (Lipinski definition) is 0. The van der Waals surface area contributed by atoms with Crippen LogP contribution in [-0.4, -0.2) is 16.1 Å². The van der Waals surface area contributed by atoms with Gasteiger partial charge in [-0.25, -0.2) is 0 Å². The van der Waals surface area contributed by atoms with E-state index in [2.05, 4.69) is 47.8 Å². The first-order chi connectivity index (χ1) is 11.9. The first kappa shape index (κ1) is 18.6. The summed E-state index contributed by atoms with van der Waals surface area (Å²) in [5, 5.41) is 1.68. The zero-order valence-corrected chi connectivity index (χ0v) is 17.9.